The Morgan fingerprint density at radius 3 is 2.29 bits per heavy atom. The molecular formula is C29H47N3O3. The minimum Gasteiger partial charge on any atom is -0.400 e. The first kappa shape index (κ1) is 32.3. The Labute approximate surface area is 212 Å². The molecule has 0 saturated carbocycles. The molecule has 0 spiro atoms. The molecule has 6 heteroatoms. The first-order chi connectivity index (χ1) is 16.6. The van der Waals surface area contributed by atoms with E-state index < -0.39 is 0 Å². The number of hydrogen-bond acceptors (Lipinski definition) is 4. The largest absolute Gasteiger partial charge is 0.400 e. The lowest BCUT2D eigenvalue weighted by molar-refractivity contribution is -0.110. The highest BCUT2D eigenvalue weighted by Crippen LogP contribution is 2.34. The maximum atomic E-state index is 12.5. The van der Waals surface area contributed by atoms with Gasteiger partial charge in [0.2, 0.25) is 0 Å². The van der Waals surface area contributed by atoms with Crippen molar-refractivity contribution < 1.29 is 14.7 Å². The number of anilines is 1. The summed E-state index contributed by atoms with van der Waals surface area (Å²) in [5.41, 5.74) is 7.02. The molecule has 196 valence electrons. The normalized spacial score (nSPS) is 14.9. The van der Waals surface area contributed by atoms with E-state index in [-0.39, 0.29) is 13.3 Å². The minimum atomic E-state index is -0.0940. The fourth-order valence-electron chi connectivity index (χ4n) is 4.34. The number of benzene rings is 1. The molecule has 1 fully saturated rings. The number of aliphatic hydroxyl groups is 1. The standard InChI is InChI=1S/C23H27N3O2.2C2H6.CH4O.CH4/c1-15-7-8-21-18(12-15)19(23(28)25-21)13-22-17(20(14-27)16(2)24-22)6-5-11-26-9-3-4-10-26;3*1-2;/h7-8,12-14,24H,3-6,9-11H2,1-2H3,(H,25,28);2*1-2H3;2H,1H3;1H4/b19-13-;;;;. The van der Waals surface area contributed by atoms with Crippen LogP contribution in [0.2, 0.25) is 0 Å². The van der Waals surface area contributed by atoms with Crippen molar-refractivity contribution in [1.82, 2.24) is 9.88 Å². The number of aldehydes is 1. The first-order valence-corrected chi connectivity index (χ1v) is 12.5. The van der Waals surface area contributed by atoms with Gasteiger partial charge in [0.05, 0.1) is 5.57 Å². The molecule has 2 aromatic rings. The van der Waals surface area contributed by atoms with E-state index in [4.69, 9.17) is 5.11 Å². The molecule has 1 aromatic carbocycles. The van der Waals surface area contributed by atoms with Crippen LogP contribution in [0, 0.1) is 13.8 Å². The van der Waals surface area contributed by atoms with E-state index in [2.05, 4.69) is 15.2 Å². The predicted octanol–water partition coefficient (Wildman–Crippen LogP) is 6.26. The quantitative estimate of drug-likeness (QED) is 0.333. The van der Waals surface area contributed by atoms with Gasteiger partial charge in [-0.1, -0.05) is 46.8 Å². The van der Waals surface area contributed by atoms with Gasteiger partial charge in [0, 0.05) is 35.3 Å². The van der Waals surface area contributed by atoms with Crippen molar-refractivity contribution in [3.8, 4) is 0 Å². The van der Waals surface area contributed by atoms with Crippen LogP contribution in [0.3, 0.4) is 0 Å². The van der Waals surface area contributed by atoms with Gasteiger partial charge in [-0.25, -0.2) is 0 Å². The number of nitrogens with one attached hydrogen (secondary N) is 2. The Hall–Kier alpha value is -2.70. The highest BCUT2D eigenvalue weighted by atomic mass is 16.2. The Balaban J connectivity index is 0.00000154. The van der Waals surface area contributed by atoms with Gasteiger partial charge >= 0.3 is 0 Å². The average Bonchev–Trinajstić information content (AvgIpc) is 3.57. The zero-order valence-corrected chi connectivity index (χ0v) is 22.0. The summed E-state index contributed by atoms with van der Waals surface area (Å²) in [5, 5.41) is 9.93. The zero-order valence-electron chi connectivity index (χ0n) is 22.0. The number of aryl methyl sites for hydroxylation is 2. The van der Waals surface area contributed by atoms with Gasteiger partial charge in [-0.2, -0.15) is 0 Å². The second kappa shape index (κ2) is 16.8. The van der Waals surface area contributed by atoms with E-state index in [9.17, 15) is 9.59 Å². The molecule has 4 rings (SSSR count). The summed E-state index contributed by atoms with van der Waals surface area (Å²) in [7, 11) is 1.00. The molecule has 1 amide bonds. The number of fused-ring (bicyclic) bond motifs is 1. The summed E-state index contributed by atoms with van der Waals surface area (Å²) in [6.45, 7) is 15.4. The van der Waals surface area contributed by atoms with Crippen LogP contribution in [0.4, 0.5) is 5.69 Å². The van der Waals surface area contributed by atoms with E-state index in [0.717, 1.165) is 72.1 Å². The van der Waals surface area contributed by atoms with Crippen molar-refractivity contribution >= 4 is 29.5 Å². The molecule has 3 heterocycles. The average molecular weight is 486 g/mol. The Kier molecular flexibility index (Phi) is 15.5. The van der Waals surface area contributed by atoms with Crippen LogP contribution in [0.25, 0.3) is 11.6 Å². The number of carbonyl (C=O) groups is 2. The maximum absolute atomic E-state index is 12.5. The van der Waals surface area contributed by atoms with E-state index >= 15 is 0 Å². The molecule has 0 bridgehead atoms. The lowest BCUT2D eigenvalue weighted by atomic mass is 10.00. The fraction of sp³-hybridized carbons (Fsp3) is 0.517. The Morgan fingerprint density at radius 1 is 1.06 bits per heavy atom. The van der Waals surface area contributed by atoms with Crippen LogP contribution in [0.15, 0.2) is 18.2 Å². The lowest BCUT2D eigenvalue weighted by Crippen LogP contribution is -2.20. The third-order valence-electron chi connectivity index (χ3n) is 5.84. The molecule has 6 nitrogen and oxygen atoms in total. The fourth-order valence-corrected chi connectivity index (χ4v) is 4.34. The van der Waals surface area contributed by atoms with Gasteiger partial charge in [-0.15, -0.1) is 0 Å². The van der Waals surface area contributed by atoms with Gasteiger partial charge in [-0.3, -0.25) is 9.59 Å². The van der Waals surface area contributed by atoms with E-state index in [1.165, 1.54) is 25.9 Å². The van der Waals surface area contributed by atoms with Crippen LogP contribution in [-0.4, -0.2) is 53.9 Å². The highest BCUT2D eigenvalue weighted by molar-refractivity contribution is 6.35. The molecular weight excluding hydrogens is 438 g/mol. The van der Waals surface area contributed by atoms with Crippen molar-refractivity contribution in [3.05, 3.63) is 51.8 Å². The van der Waals surface area contributed by atoms with Crippen LogP contribution in [0.1, 0.15) is 92.8 Å². The summed E-state index contributed by atoms with van der Waals surface area (Å²) in [4.78, 5) is 30.1. The van der Waals surface area contributed by atoms with E-state index in [0.29, 0.717) is 5.57 Å². The molecule has 2 aliphatic heterocycles. The zero-order chi connectivity index (χ0) is 25.7. The molecule has 0 aliphatic carbocycles. The molecule has 2 aliphatic rings. The number of hydrogen-bond donors (Lipinski definition) is 3. The highest BCUT2D eigenvalue weighted by Gasteiger charge is 2.25. The second-order valence-corrected chi connectivity index (χ2v) is 7.89. The molecule has 1 aromatic heterocycles. The summed E-state index contributed by atoms with van der Waals surface area (Å²) >= 11 is 0. The lowest BCUT2D eigenvalue weighted by Gasteiger charge is -2.14. The van der Waals surface area contributed by atoms with E-state index in [1.54, 1.807) is 0 Å². The first-order valence-electron chi connectivity index (χ1n) is 12.5. The molecule has 0 radical (unpaired) electrons. The summed E-state index contributed by atoms with van der Waals surface area (Å²) in [6.07, 6.45) is 7.26. The monoisotopic (exact) mass is 485 g/mol. The third-order valence-corrected chi connectivity index (χ3v) is 5.84. The number of carbonyl (C=O) groups excluding carboxylic acids is 2. The van der Waals surface area contributed by atoms with Crippen LogP contribution in [0.5, 0.6) is 0 Å². The Bertz CT molecular complexity index is 954. The number of amides is 1. The number of nitrogens with zero attached hydrogens (tertiary/aromatic N) is 1. The smallest absolute Gasteiger partial charge is 0.256 e. The molecule has 3 N–H and O–H groups in total. The summed E-state index contributed by atoms with van der Waals surface area (Å²) in [6, 6.07) is 5.97. The number of aliphatic hydroxyl groups excluding tert-OH is 1. The number of H-pyrrole nitrogens is 1. The van der Waals surface area contributed by atoms with Gasteiger partial charge < -0.3 is 20.3 Å². The number of aromatic amines is 1. The van der Waals surface area contributed by atoms with Crippen LogP contribution in [-0.2, 0) is 11.2 Å². The topological polar surface area (TPSA) is 85.4 Å². The van der Waals surface area contributed by atoms with E-state index in [1.807, 2.05) is 65.8 Å². The van der Waals surface area contributed by atoms with Crippen LogP contribution < -0.4 is 5.32 Å². The van der Waals surface area contributed by atoms with Crippen molar-refractivity contribution in [3.63, 3.8) is 0 Å². The SMILES string of the molecule is C.CC.CC.CO.Cc1ccc2c(c1)/C(=C/c1[nH]c(C)c(C=O)c1CCCN1CCCC1)C(=O)N2. The van der Waals surface area contributed by atoms with Gasteiger partial charge in [-0.05, 0) is 82.9 Å². The summed E-state index contributed by atoms with van der Waals surface area (Å²) in [5.74, 6) is -0.0940. The third kappa shape index (κ3) is 8.18. The van der Waals surface area contributed by atoms with Gasteiger partial charge in [0.25, 0.3) is 5.91 Å². The molecule has 35 heavy (non-hydrogen) atoms. The number of likely N-dealkylation sites (tertiary alicyclic amines) is 1. The van der Waals surface area contributed by atoms with Crippen LogP contribution >= 0.6 is 0 Å². The molecule has 0 atom stereocenters. The van der Waals surface area contributed by atoms with Gasteiger partial charge in [0.1, 0.15) is 0 Å². The van der Waals surface area contributed by atoms with Crippen molar-refractivity contribution in [1.29, 1.82) is 0 Å². The summed E-state index contributed by atoms with van der Waals surface area (Å²) < 4.78 is 0. The van der Waals surface area contributed by atoms with Crippen molar-refractivity contribution in [2.45, 2.75) is 74.7 Å². The van der Waals surface area contributed by atoms with Gasteiger partial charge in [0.15, 0.2) is 6.29 Å². The number of rotatable bonds is 6. The Morgan fingerprint density at radius 2 is 1.69 bits per heavy atom. The number of aromatic nitrogens is 1. The molecule has 1 saturated heterocycles. The predicted molar refractivity (Wildman–Crippen MR) is 150 cm³/mol. The maximum Gasteiger partial charge on any atom is 0.256 e. The second-order valence-electron chi connectivity index (χ2n) is 7.89. The van der Waals surface area contributed by atoms with Crippen molar-refractivity contribution in [2.75, 3.05) is 32.1 Å². The minimum absolute atomic E-state index is 0. The van der Waals surface area contributed by atoms with Crippen molar-refractivity contribution in [2.24, 2.45) is 0 Å². The molecule has 0 unspecified atom stereocenters.